The Balaban J connectivity index is 2.03. The van der Waals surface area contributed by atoms with E-state index in [1.54, 1.807) is 18.7 Å². The molecule has 36 heavy (non-hydrogen) atoms. The van der Waals surface area contributed by atoms with Crippen LogP contribution in [-0.2, 0) is 9.59 Å². The van der Waals surface area contributed by atoms with Crippen LogP contribution < -0.4 is 5.73 Å². The van der Waals surface area contributed by atoms with Crippen molar-refractivity contribution in [1.82, 2.24) is 9.71 Å². The van der Waals surface area contributed by atoms with Gasteiger partial charge >= 0.3 is 5.97 Å². The SMILES string of the molecule is C[B]N1CC(C)(N)CC(C)(C)C(SC2=C(C(=O)O)N3C(=O)[C@H]([C@@H](C)O)[C@H]3[C@H]2C)CC(C)(C)CC1(C)C. The highest BCUT2D eigenvalue weighted by Gasteiger charge is 2.60. The Labute approximate surface area is 222 Å². The van der Waals surface area contributed by atoms with E-state index in [4.69, 9.17) is 5.73 Å². The first-order valence-electron chi connectivity index (χ1n) is 13.2. The summed E-state index contributed by atoms with van der Waals surface area (Å²) in [4.78, 5) is 29.8. The van der Waals surface area contributed by atoms with Crippen LogP contribution in [0, 0.1) is 22.7 Å². The number of hydrogen-bond acceptors (Lipinski definition) is 6. The van der Waals surface area contributed by atoms with Crippen molar-refractivity contribution in [3.8, 4) is 0 Å². The predicted molar refractivity (Wildman–Crippen MR) is 147 cm³/mol. The van der Waals surface area contributed by atoms with E-state index in [2.05, 4.69) is 67.5 Å². The second kappa shape index (κ2) is 9.62. The first-order valence-corrected chi connectivity index (χ1v) is 14.1. The lowest BCUT2D eigenvalue weighted by molar-refractivity contribution is -0.163. The van der Waals surface area contributed by atoms with Crippen LogP contribution in [0.4, 0.5) is 0 Å². The first-order chi connectivity index (χ1) is 16.2. The van der Waals surface area contributed by atoms with E-state index in [1.807, 2.05) is 6.92 Å². The van der Waals surface area contributed by atoms with Gasteiger partial charge in [0.2, 0.25) is 13.3 Å². The zero-order valence-corrected chi connectivity index (χ0v) is 24.7. The number of aliphatic hydroxyl groups is 1. The fraction of sp³-hybridized carbons (Fsp3) is 0.852. The lowest BCUT2D eigenvalue weighted by atomic mass is 9.66. The number of β-lactam (4-membered cyclic amide) rings is 1. The van der Waals surface area contributed by atoms with Gasteiger partial charge in [-0.15, -0.1) is 11.8 Å². The van der Waals surface area contributed by atoms with Crippen LogP contribution in [0.3, 0.4) is 0 Å². The maximum absolute atomic E-state index is 12.8. The van der Waals surface area contributed by atoms with E-state index in [9.17, 15) is 19.8 Å². The third-order valence-electron chi connectivity index (χ3n) is 8.58. The minimum Gasteiger partial charge on any atom is -0.477 e. The van der Waals surface area contributed by atoms with E-state index in [0.717, 1.165) is 30.7 Å². The summed E-state index contributed by atoms with van der Waals surface area (Å²) in [6, 6.07) is -0.297. The molecular weight excluding hydrogens is 473 g/mol. The van der Waals surface area contributed by atoms with E-state index in [-0.39, 0.29) is 45.2 Å². The maximum atomic E-state index is 12.8. The Bertz CT molecular complexity index is 930. The summed E-state index contributed by atoms with van der Waals surface area (Å²) in [7, 11) is 2.16. The third kappa shape index (κ3) is 5.41. The summed E-state index contributed by atoms with van der Waals surface area (Å²) in [6.45, 7) is 22.2. The summed E-state index contributed by atoms with van der Waals surface area (Å²) in [5.41, 5.74) is 6.33. The van der Waals surface area contributed by atoms with Gasteiger partial charge in [-0.3, -0.25) is 4.79 Å². The number of hydrogen-bond donors (Lipinski definition) is 3. The Morgan fingerprint density at radius 3 is 2.25 bits per heavy atom. The van der Waals surface area contributed by atoms with E-state index in [1.165, 1.54) is 4.90 Å². The third-order valence-corrected chi connectivity index (χ3v) is 10.5. The molecule has 2 saturated heterocycles. The Morgan fingerprint density at radius 2 is 1.75 bits per heavy atom. The molecule has 3 aliphatic rings. The lowest BCUT2D eigenvalue weighted by Crippen LogP contribution is -2.63. The molecule has 1 radical (unpaired) electrons. The second-order valence-corrected chi connectivity index (χ2v) is 15.2. The number of fused-ring (bicyclic) bond motifs is 1. The van der Waals surface area contributed by atoms with Crippen molar-refractivity contribution in [3.63, 3.8) is 0 Å². The molecule has 9 heteroatoms. The smallest absolute Gasteiger partial charge is 0.353 e. The van der Waals surface area contributed by atoms with Crippen LogP contribution >= 0.6 is 11.8 Å². The molecule has 6 atom stereocenters. The number of aliphatic carboxylic acids is 1. The molecule has 3 aliphatic heterocycles. The molecule has 2 fully saturated rings. The van der Waals surface area contributed by atoms with Crippen molar-refractivity contribution < 1.29 is 19.8 Å². The Hall–Kier alpha value is -1.03. The van der Waals surface area contributed by atoms with Crippen molar-refractivity contribution in [2.24, 2.45) is 28.4 Å². The number of carboxylic acid groups (broad SMARTS) is 1. The second-order valence-electron chi connectivity index (χ2n) is 13.9. The standard InChI is InChI=1S/C27H47BN3O4S/c1-15-19-18(16(2)32)22(33)31(19)20(23(34)35)21(15)36-17-11-24(3,4)12-26(7,8)30(28-10)14-27(9,29)13-25(17,5)6/h15-19,32H,11-14,29H2,1-10H3,(H,34,35)/t15-,16-,17?,18-,19-,27?/m1/s1. The van der Waals surface area contributed by atoms with Crippen LogP contribution in [0.5, 0.6) is 0 Å². The molecule has 0 saturated carbocycles. The predicted octanol–water partition coefficient (Wildman–Crippen LogP) is 3.94. The number of thioether (sulfide) groups is 1. The minimum atomic E-state index is -1.07. The maximum Gasteiger partial charge on any atom is 0.353 e. The average Bonchev–Trinajstić information content (AvgIpc) is 2.91. The van der Waals surface area contributed by atoms with Gasteiger partial charge in [0.1, 0.15) is 5.70 Å². The first kappa shape index (κ1) is 29.5. The summed E-state index contributed by atoms with van der Waals surface area (Å²) in [5, 5.41) is 20.5. The van der Waals surface area contributed by atoms with Crippen LogP contribution in [0.25, 0.3) is 0 Å². The molecule has 2 unspecified atom stereocenters. The van der Waals surface area contributed by atoms with Gasteiger partial charge in [-0.2, -0.15) is 0 Å². The van der Waals surface area contributed by atoms with Gasteiger partial charge in [-0.1, -0.05) is 41.4 Å². The number of carbonyl (C=O) groups excluding carboxylic acids is 1. The van der Waals surface area contributed by atoms with Crippen LogP contribution in [0.15, 0.2) is 10.6 Å². The van der Waals surface area contributed by atoms with Gasteiger partial charge in [-0.25, -0.2) is 4.79 Å². The highest BCUT2D eigenvalue weighted by Crippen LogP contribution is 2.56. The van der Waals surface area contributed by atoms with Gasteiger partial charge in [0.15, 0.2) is 0 Å². The average molecular weight is 521 g/mol. The number of carboxylic acids is 1. The number of nitrogens with two attached hydrogens (primary N) is 1. The number of aliphatic hydroxyl groups excluding tert-OH is 1. The fourth-order valence-electron chi connectivity index (χ4n) is 7.41. The van der Waals surface area contributed by atoms with Crippen molar-refractivity contribution >= 4 is 31.1 Å². The largest absolute Gasteiger partial charge is 0.477 e. The van der Waals surface area contributed by atoms with Gasteiger partial charge in [0.05, 0.1) is 18.1 Å². The zero-order chi connectivity index (χ0) is 27.6. The monoisotopic (exact) mass is 520 g/mol. The molecule has 0 aliphatic carbocycles. The molecule has 0 aromatic heterocycles. The Kier molecular flexibility index (Phi) is 7.89. The van der Waals surface area contributed by atoms with Crippen molar-refractivity contribution in [3.05, 3.63) is 10.6 Å². The molecule has 203 valence electrons. The topological polar surface area (TPSA) is 107 Å². The Morgan fingerprint density at radius 1 is 1.17 bits per heavy atom. The number of rotatable bonds is 5. The molecule has 3 rings (SSSR count). The van der Waals surface area contributed by atoms with Crippen LogP contribution in [-0.4, -0.2) is 74.2 Å². The van der Waals surface area contributed by atoms with Gasteiger partial charge in [-0.05, 0) is 57.8 Å². The molecule has 0 aromatic rings. The zero-order valence-electron chi connectivity index (χ0n) is 23.9. The molecular formula is C27H47BN3O4S. The van der Waals surface area contributed by atoms with Gasteiger partial charge < -0.3 is 25.7 Å². The van der Waals surface area contributed by atoms with Crippen LogP contribution in [0.2, 0.25) is 6.82 Å². The molecule has 0 aromatic carbocycles. The number of amides is 1. The van der Waals surface area contributed by atoms with Gasteiger partial charge in [0.25, 0.3) is 0 Å². The molecule has 0 bridgehead atoms. The van der Waals surface area contributed by atoms with E-state index >= 15 is 0 Å². The molecule has 4 N–H and O–H groups in total. The lowest BCUT2D eigenvalue weighted by Gasteiger charge is -2.52. The quantitative estimate of drug-likeness (QED) is 0.372. The van der Waals surface area contributed by atoms with Crippen LogP contribution in [0.1, 0.15) is 81.6 Å². The van der Waals surface area contributed by atoms with E-state index < -0.39 is 23.5 Å². The number of nitrogens with zero attached hydrogens (tertiary/aromatic N) is 2. The number of carbonyl (C=O) groups is 2. The van der Waals surface area contributed by atoms with Crippen molar-refractivity contribution in [2.45, 2.75) is 117 Å². The highest BCUT2D eigenvalue weighted by atomic mass is 32.2. The molecule has 0 spiro atoms. The van der Waals surface area contributed by atoms with Crippen molar-refractivity contribution in [2.75, 3.05) is 6.54 Å². The highest BCUT2D eigenvalue weighted by molar-refractivity contribution is 8.03. The molecule has 1 amide bonds. The fourth-order valence-corrected chi connectivity index (χ4v) is 9.31. The normalized spacial score (nSPS) is 37.2. The summed E-state index contributed by atoms with van der Waals surface area (Å²) in [5.74, 6) is -2.04. The summed E-state index contributed by atoms with van der Waals surface area (Å²) < 4.78 is 0. The summed E-state index contributed by atoms with van der Waals surface area (Å²) >= 11 is 1.64. The van der Waals surface area contributed by atoms with E-state index in [0.29, 0.717) is 0 Å². The molecule has 3 heterocycles. The van der Waals surface area contributed by atoms with Crippen molar-refractivity contribution in [1.29, 1.82) is 0 Å². The van der Waals surface area contributed by atoms with Gasteiger partial charge in [0, 0.05) is 33.7 Å². The summed E-state index contributed by atoms with van der Waals surface area (Å²) in [6.07, 6.45) is 1.83. The minimum absolute atomic E-state index is 0.00887. The molecule has 7 nitrogen and oxygen atoms in total.